The normalized spacial score (nSPS) is 30.2. The highest BCUT2D eigenvalue weighted by atomic mass is 32.2. The summed E-state index contributed by atoms with van der Waals surface area (Å²) in [6, 6.07) is 8.42. The van der Waals surface area contributed by atoms with Gasteiger partial charge in [-0.1, -0.05) is 18.2 Å². The van der Waals surface area contributed by atoms with Gasteiger partial charge in [-0.05, 0) is 31.6 Å². The van der Waals surface area contributed by atoms with Crippen molar-refractivity contribution >= 4 is 11.8 Å². The average molecular weight is 263 g/mol. The van der Waals surface area contributed by atoms with Crippen molar-refractivity contribution in [2.24, 2.45) is 0 Å². The Kier molecular flexibility index (Phi) is 3.53. The van der Waals surface area contributed by atoms with Crippen LogP contribution in [0.3, 0.4) is 0 Å². The van der Waals surface area contributed by atoms with Crippen LogP contribution < -0.4 is 10.1 Å². The van der Waals surface area contributed by atoms with E-state index in [1.54, 1.807) is 0 Å². The van der Waals surface area contributed by atoms with Crippen molar-refractivity contribution in [3.63, 3.8) is 0 Å². The number of hydrogen-bond acceptors (Lipinski definition) is 3. The van der Waals surface area contributed by atoms with Crippen molar-refractivity contribution in [3.05, 3.63) is 29.8 Å². The summed E-state index contributed by atoms with van der Waals surface area (Å²) in [5.41, 5.74) is 1.37. The fraction of sp³-hybridized carbons (Fsp3) is 0.600. The molecule has 0 saturated carbocycles. The van der Waals surface area contributed by atoms with Crippen LogP contribution in [0.5, 0.6) is 5.75 Å². The second kappa shape index (κ2) is 5.14. The minimum atomic E-state index is 0.457. The predicted octanol–water partition coefficient (Wildman–Crippen LogP) is 3.04. The molecule has 2 unspecified atom stereocenters. The van der Waals surface area contributed by atoms with Crippen LogP contribution in [0.4, 0.5) is 0 Å². The number of para-hydroxylation sites is 1. The first kappa shape index (κ1) is 12.4. The predicted molar refractivity (Wildman–Crippen MR) is 77.6 cm³/mol. The van der Waals surface area contributed by atoms with Gasteiger partial charge >= 0.3 is 0 Å². The second-order valence-electron chi connectivity index (χ2n) is 5.58. The molecule has 0 aromatic heterocycles. The monoisotopic (exact) mass is 263 g/mol. The number of ether oxygens (including phenoxy) is 1. The SMILES string of the molecule is CC1(CNCC2COc3ccccc32)CCCS1. The molecule has 3 heteroatoms. The van der Waals surface area contributed by atoms with E-state index in [1.807, 2.05) is 6.07 Å². The minimum Gasteiger partial charge on any atom is -0.493 e. The highest BCUT2D eigenvalue weighted by Gasteiger charge is 2.30. The maximum Gasteiger partial charge on any atom is 0.122 e. The highest BCUT2D eigenvalue weighted by Crippen LogP contribution is 2.37. The van der Waals surface area contributed by atoms with Crippen LogP contribution in [0.1, 0.15) is 31.2 Å². The smallest absolute Gasteiger partial charge is 0.122 e. The Labute approximate surface area is 113 Å². The summed E-state index contributed by atoms with van der Waals surface area (Å²) in [5.74, 6) is 2.93. The first-order valence-corrected chi connectivity index (χ1v) is 7.82. The third-order valence-corrected chi connectivity index (χ3v) is 5.53. The van der Waals surface area contributed by atoms with Gasteiger partial charge in [0.1, 0.15) is 5.75 Å². The van der Waals surface area contributed by atoms with Gasteiger partial charge in [-0.3, -0.25) is 0 Å². The van der Waals surface area contributed by atoms with Gasteiger partial charge < -0.3 is 10.1 Å². The molecule has 3 rings (SSSR count). The van der Waals surface area contributed by atoms with Gasteiger partial charge in [0.2, 0.25) is 0 Å². The zero-order valence-electron chi connectivity index (χ0n) is 10.9. The molecule has 2 aliphatic heterocycles. The fourth-order valence-corrected chi connectivity index (χ4v) is 4.16. The number of hydrogen-bond donors (Lipinski definition) is 1. The van der Waals surface area contributed by atoms with E-state index in [2.05, 4.69) is 42.2 Å². The summed E-state index contributed by atoms with van der Waals surface area (Å²) in [5, 5.41) is 3.65. The lowest BCUT2D eigenvalue weighted by atomic mass is 10.0. The Bertz CT molecular complexity index is 415. The molecule has 0 aliphatic carbocycles. The van der Waals surface area contributed by atoms with Crippen molar-refractivity contribution in [1.29, 1.82) is 0 Å². The average Bonchev–Trinajstić information content (AvgIpc) is 2.97. The van der Waals surface area contributed by atoms with Crippen molar-refractivity contribution in [3.8, 4) is 5.75 Å². The van der Waals surface area contributed by atoms with Gasteiger partial charge in [0, 0.05) is 29.3 Å². The summed E-state index contributed by atoms with van der Waals surface area (Å²) in [6.07, 6.45) is 2.72. The lowest BCUT2D eigenvalue weighted by Crippen LogP contribution is -2.35. The zero-order valence-corrected chi connectivity index (χ0v) is 11.8. The van der Waals surface area contributed by atoms with Crippen LogP contribution in [-0.2, 0) is 0 Å². The minimum absolute atomic E-state index is 0.457. The number of thioether (sulfide) groups is 1. The first-order valence-electron chi connectivity index (χ1n) is 6.83. The summed E-state index contributed by atoms with van der Waals surface area (Å²) in [6.45, 7) is 5.37. The number of fused-ring (bicyclic) bond motifs is 1. The Balaban J connectivity index is 1.53. The molecule has 0 bridgehead atoms. The van der Waals surface area contributed by atoms with E-state index in [0.717, 1.165) is 25.4 Å². The van der Waals surface area contributed by atoms with Gasteiger partial charge in [-0.15, -0.1) is 0 Å². The molecule has 98 valence electrons. The molecule has 1 aromatic rings. The third-order valence-electron chi connectivity index (χ3n) is 3.99. The molecule has 0 amide bonds. The molecule has 1 saturated heterocycles. The van der Waals surface area contributed by atoms with Gasteiger partial charge in [0.25, 0.3) is 0 Å². The van der Waals surface area contributed by atoms with Gasteiger partial charge in [-0.2, -0.15) is 11.8 Å². The molecular weight excluding hydrogens is 242 g/mol. The molecule has 0 spiro atoms. The summed E-state index contributed by atoms with van der Waals surface area (Å²) in [7, 11) is 0. The molecule has 2 atom stereocenters. The summed E-state index contributed by atoms with van der Waals surface area (Å²) in [4.78, 5) is 0. The van der Waals surface area contributed by atoms with Crippen molar-refractivity contribution in [2.45, 2.75) is 30.4 Å². The quantitative estimate of drug-likeness (QED) is 0.902. The van der Waals surface area contributed by atoms with Gasteiger partial charge in [0.15, 0.2) is 0 Å². The van der Waals surface area contributed by atoms with Crippen LogP contribution in [0, 0.1) is 0 Å². The van der Waals surface area contributed by atoms with Crippen LogP contribution in [0.25, 0.3) is 0 Å². The number of nitrogens with one attached hydrogen (secondary N) is 1. The fourth-order valence-electron chi connectivity index (χ4n) is 2.89. The van der Waals surface area contributed by atoms with E-state index in [1.165, 1.54) is 24.2 Å². The highest BCUT2D eigenvalue weighted by molar-refractivity contribution is 8.00. The van der Waals surface area contributed by atoms with Crippen molar-refractivity contribution in [1.82, 2.24) is 5.32 Å². The van der Waals surface area contributed by atoms with E-state index in [0.29, 0.717) is 10.7 Å². The molecule has 2 aliphatic rings. The Morgan fingerprint density at radius 1 is 1.44 bits per heavy atom. The molecular formula is C15H21NOS. The van der Waals surface area contributed by atoms with Crippen LogP contribution in [0.2, 0.25) is 0 Å². The molecule has 1 fully saturated rings. The number of benzene rings is 1. The van der Waals surface area contributed by atoms with Gasteiger partial charge in [-0.25, -0.2) is 0 Å². The largest absolute Gasteiger partial charge is 0.493 e. The van der Waals surface area contributed by atoms with Crippen LogP contribution in [0.15, 0.2) is 24.3 Å². The maximum absolute atomic E-state index is 5.71. The Morgan fingerprint density at radius 3 is 3.17 bits per heavy atom. The van der Waals surface area contributed by atoms with E-state index in [-0.39, 0.29) is 0 Å². The Hall–Kier alpha value is -0.670. The maximum atomic E-state index is 5.71. The molecule has 2 nitrogen and oxygen atoms in total. The van der Waals surface area contributed by atoms with Crippen molar-refractivity contribution < 1.29 is 4.74 Å². The van der Waals surface area contributed by atoms with E-state index >= 15 is 0 Å². The topological polar surface area (TPSA) is 21.3 Å². The summed E-state index contributed by atoms with van der Waals surface area (Å²) < 4.78 is 6.17. The third kappa shape index (κ3) is 2.52. The lowest BCUT2D eigenvalue weighted by molar-refractivity contribution is 0.325. The second-order valence-corrected chi connectivity index (χ2v) is 7.26. The zero-order chi connectivity index (χ0) is 12.4. The molecule has 1 aromatic carbocycles. The summed E-state index contributed by atoms with van der Waals surface area (Å²) >= 11 is 2.12. The molecule has 0 radical (unpaired) electrons. The first-order chi connectivity index (χ1) is 8.77. The standard InChI is InChI=1S/C15H21NOS/c1-15(7-4-8-18-15)11-16-9-12-10-17-14-6-3-2-5-13(12)14/h2-3,5-6,12,16H,4,7-11H2,1H3. The van der Waals surface area contributed by atoms with Crippen molar-refractivity contribution in [2.75, 3.05) is 25.4 Å². The molecule has 18 heavy (non-hydrogen) atoms. The van der Waals surface area contributed by atoms with E-state index < -0.39 is 0 Å². The van der Waals surface area contributed by atoms with E-state index in [9.17, 15) is 0 Å². The van der Waals surface area contributed by atoms with Crippen LogP contribution in [-0.4, -0.2) is 30.2 Å². The molecule has 2 heterocycles. The number of rotatable bonds is 4. The van der Waals surface area contributed by atoms with Crippen LogP contribution >= 0.6 is 11.8 Å². The Morgan fingerprint density at radius 2 is 2.33 bits per heavy atom. The molecule has 1 N–H and O–H groups in total. The van der Waals surface area contributed by atoms with Gasteiger partial charge in [0.05, 0.1) is 6.61 Å². The van der Waals surface area contributed by atoms with E-state index in [4.69, 9.17) is 4.74 Å². The lowest BCUT2D eigenvalue weighted by Gasteiger charge is -2.24.